The molecule has 0 bridgehead atoms. The van der Waals surface area contributed by atoms with Crippen molar-refractivity contribution in [3.63, 3.8) is 0 Å². The highest BCUT2D eigenvalue weighted by Gasteiger charge is 2.03. The molecule has 1 amide bonds. The molecular formula is C22H43NO3. The van der Waals surface area contributed by atoms with E-state index in [9.17, 15) is 9.59 Å². The van der Waals surface area contributed by atoms with Gasteiger partial charge in [-0.1, -0.05) is 90.9 Å². The van der Waals surface area contributed by atoms with Gasteiger partial charge in [-0.05, 0) is 12.8 Å². The highest BCUT2D eigenvalue weighted by molar-refractivity contribution is 5.75. The van der Waals surface area contributed by atoms with Crippen LogP contribution >= 0.6 is 0 Å². The van der Waals surface area contributed by atoms with Gasteiger partial charge in [0.05, 0.1) is 6.54 Å². The molecule has 0 saturated heterocycles. The second-order valence-electron chi connectivity index (χ2n) is 7.31. The Bertz CT molecular complexity index is 331. The van der Waals surface area contributed by atoms with Crippen LogP contribution in [-0.2, 0) is 14.3 Å². The largest absolute Gasteiger partial charge is 0.464 e. The van der Waals surface area contributed by atoms with Gasteiger partial charge in [0.2, 0.25) is 5.91 Å². The topological polar surface area (TPSA) is 55.4 Å². The van der Waals surface area contributed by atoms with Gasteiger partial charge in [0.25, 0.3) is 0 Å². The molecule has 0 spiro atoms. The molecule has 154 valence electrons. The van der Waals surface area contributed by atoms with E-state index in [4.69, 9.17) is 4.74 Å². The fourth-order valence-corrected chi connectivity index (χ4v) is 3.02. The number of unbranched alkanes of at least 4 members (excludes halogenated alkanes) is 12. The van der Waals surface area contributed by atoms with Gasteiger partial charge in [0.15, 0.2) is 0 Å². The summed E-state index contributed by atoms with van der Waals surface area (Å²) in [6.45, 7) is 4.91. The van der Waals surface area contributed by atoms with Gasteiger partial charge in [-0.25, -0.2) is 0 Å². The number of esters is 1. The highest BCUT2D eigenvalue weighted by Crippen LogP contribution is 2.12. The van der Waals surface area contributed by atoms with Crippen LogP contribution in [0, 0.1) is 0 Å². The number of nitrogens with one attached hydrogen (secondary N) is 1. The van der Waals surface area contributed by atoms with Crippen molar-refractivity contribution >= 4 is 11.9 Å². The second-order valence-corrected chi connectivity index (χ2v) is 7.31. The molecule has 0 unspecified atom stereocenters. The van der Waals surface area contributed by atoms with E-state index in [-0.39, 0.29) is 18.5 Å². The summed E-state index contributed by atoms with van der Waals surface area (Å²) >= 11 is 0. The predicted octanol–water partition coefficient (Wildman–Crippen LogP) is 5.93. The summed E-state index contributed by atoms with van der Waals surface area (Å²) in [6.07, 6.45) is 18.9. The third kappa shape index (κ3) is 19.3. The van der Waals surface area contributed by atoms with Crippen LogP contribution in [0.15, 0.2) is 0 Å². The van der Waals surface area contributed by atoms with E-state index >= 15 is 0 Å². The molecule has 4 nitrogen and oxygen atoms in total. The lowest BCUT2D eigenvalue weighted by molar-refractivity contribution is -0.144. The Kier molecular flexibility index (Phi) is 19.4. The molecule has 0 aromatic heterocycles. The highest BCUT2D eigenvalue weighted by atomic mass is 16.5. The molecule has 1 N–H and O–H groups in total. The summed E-state index contributed by atoms with van der Waals surface area (Å²) in [5.74, 6) is -0.113. The molecule has 0 radical (unpaired) electrons. The van der Waals surface area contributed by atoms with Gasteiger partial charge in [0.1, 0.15) is 6.61 Å². The maximum atomic E-state index is 11.7. The molecule has 0 saturated carbocycles. The number of hydrogen-bond donors (Lipinski definition) is 1. The summed E-state index contributed by atoms with van der Waals surface area (Å²) < 4.78 is 5.00. The maximum absolute atomic E-state index is 11.7. The molecule has 26 heavy (non-hydrogen) atoms. The molecule has 0 aromatic carbocycles. The summed E-state index contributed by atoms with van der Waals surface area (Å²) in [4.78, 5) is 22.8. The Hall–Kier alpha value is -1.06. The molecule has 0 heterocycles. The first kappa shape index (κ1) is 24.9. The monoisotopic (exact) mass is 369 g/mol. The first-order valence-corrected chi connectivity index (χ1v) is 11.1. The minimum atomic E-state index is -0.182. The lowest BCUT2D eigenvalue weighted by Crippen LogP contribution is -2.27. The Balaban J connectivity index is 3.20. The molecule has 0 aliphatic carbocycles. The standard InChI is InChI=1S/C22H43NO3/c1-3-5-6-7-8-9-10-11-12-13-14-15-16-18-21(24)23-19-20-26-22(25)17-4-2/h3-20H2,1-2H3,(H,23,24). The van der Waals surface area contributed by atoms with Crippen LogP contribution in [0.4, 0.5) is 0 Å². The zero-order valence-electron chi connectivity index (χ0n) is 17.5. The molecule has 0 aliphatic heterocycles. The fraction of sp³-hybridized carbons (Fsp3) is 0.909. The summed E-state index contributed by atoms with van der Waals surface area (Å²) in [5.41, 5.74) is 0. The average Bonchev–Trinajstić information content (AvgIpc) is 2.63. The molecule has 0 rings (SSSR count). The molecule has 0 atom stereocenters. The van der Waals surface area contributed by atoms with Crippen LogP contribution in [0.1, 0.15) is 117 Å². The summed E-state index contributed by atoms with van der Waals surface area (Å²) in [5, 5.41) is 2.81. The van der Waals surface area contributed by atoms with Crippen molar-refractivity contribution in [1.82, 2.24) is 5.32 Å². The maximum Gasteiger partial charge on any atom is 0.305 e. The van der Waals surface area contributed by atoms with Crippen LogP contribution in [-0.4, -0.2) is 25.0 Å². The van der Waals surface area contributed by atoms with E-state index in [2.05, 4.69) is 12.2 Å². The van der Waals surface area contributed by atoms with Crippen molar-refractivity contribution in [3.05, 3.63) is 0 Å². The lowest BCUT2D eigenvalue weighted by atomic mass is 10.0. The van der Waals surface area contributed by atoms with Gasteiger partial charge in [-0.2, -0.15) is 0 Å². The molecular weight excluding hydrogens is 326 g/mol. The Labute approximate surface area is 161 Å². The SMILES string of the molecule is CCCCCCCCCCCCCCCC(=O)NCCOC(=O)CCC. The van der Waals surface area contributed by atoms with Gasteiger partial charge in [-0.15, -0.1) is 0 Å². The van der Waals surface area contributed by atoms with Gasteiger partial charge >= 0.3 is 5.97 Å². The van der Waals surface area contributed by atoms with Crippen LogP contribution in [0.25, 0.3) is 0 Å². The van der Waals surface area contributed by atoms with Crippen molar-refractivity contribution < 1.29 is 14.3 Å². The van der Waals surface area contributed by atoms with Crippen LogP contribution in [0.3, 0.4) is 0 Å². The van der Waals surface area contributed by atoms with E-state index in [1.807, 2.05) is 6.92 Å². The van der Waals surface area contributed by atoms with Crippen LogP contribution in [0.5, 0.6) is 0 Å². The smallest absolute Gasteiger partial charge is 0.305 e. The zero-order chi connectivity index (χ0) is 19.3. The van der Waals surface area contributed by atoms with E-state index < -0.39 is 0 Å². The number of carbonyl (C=O) groups excluding carboxylic acids is 2. The van der Waals surface area contributed by atoms with E-state index in [1.165, 1.54) is 70.6 Å². The van der Waals surface area contributed by atoms with E-state index in [0.717, 1.165) is 19.3 Å². The predicted molar refractivity (Wildman–Crippen MR) is 109 cm³/mol. The van der Waals surface area contributed by atoms with Crippen molar-refractivity contribution in [2.75, 3.05) is 13.2 Å². The van der Waals surface area contributed by atoms with Gasteiger partial charge in [0, 0.05) is 12.8 Å². The number of hydrogen-bond acceptors (Lipinski definition) is 3. The average molecular weight is 370 g/mol. The zero-order valence-corrected chi connectivity index (χ0v) is 17.5. The molecule has 0 fully saturated rings. The van der Waals surface area contributed by atoms with Crippen molar-refractivity contribution in [2.45, 2.75) is 117 Å². The summed E-state index contributed by atoms with van der Waals surface area (Å²) in [7, 11) is 0. The number of carbonyl (C=O) groups is 2. The number of rotatable bonds is 19. The van der Waals surface area contributed by atoms with Crippen molar-refractivity contribution in [1.29, 1.82) is 0 Å². The Morgan fingerprint density at radius 1 is 0.654 bits per heavy atom. The molecule has 0 aliphatic rings. The number of ether oxygens (including phenoxy) is 1. The Morgan fingerprint density at radius 2 is 1.15 bits per heavy atom. The lowest BCUT2D eigenvalue weighted by Gasteiger charge is -2.06. The normalized spacial score (nSPS) is 10.7. The third-order valence-corrected chi connectivity index (χ3v) is 4.65. The minimum absolute atomic E-state index is 0.0691. The van der Waals surface area contributed by atoms with E-state index in [1.54, 1.807) is 0 Å². The van der Waals surface area contributed by atoms with Gasteiger partial charge in [-0.3, -0.25) is 9.59 Å². The second kappa shape index (κ2) is 20.3. The summed E-state index contributed by atoms with van der Waals surface area (Å²) in [6, 6.07) is 0. The minimum Gasteiger partial charge on any atom is -0.464 e. The quantitative estimate of drug-likeness (QED) is 0.227. The van der Waals surface area contributed by atoms with Crippen LogP contribution in [0.2, 0.25) is 0 Å². The van der Waals surface area contributed by atoms with Crippen molar-refractivity contribution in [2.24, 2.45) is 0 Å². The molecule has 0 aromatic rings. The Morgan fingerprint density at radius 3 is 1.65 bits per heavy atom. The van der Waals surface area contributed by atoms with Gasteiger partial charge < -0.3 is 10.1 Å². The third-order valence-electron chi connectivity index (χ3n) is 4.65. The first-order valence-electron chi connectivity index (χ1n) is 11.1. The fourth-order valence-electron chi connectivity index (χ4n) is 3.02. The number of amides is 1. The first-order chi connectivity index (χ1) is 12.7. The molecule has 4 heteroatoms. The van der Waals surface area contributed by atoms with Crippen LogP contribution < -0.4 is 5.32 Å². The van der Waals surface area contributed by atoms with Crippen molar-refractivity contribution in [3.8, 4) is 0 Å². The van der Waals surface area contributed by atoms with E-state index in [0.29, 0.717) is 19.4 Å².